The van der Waals surface area contributed by atoms with E-state index < -0.39 is 10.0 Å². The van der Waals surface area contributed by atoms with Crippen molar-refractivity contribution in [2.75, 3.05) is 17.9 Å². The Hall–Kier alpha value is -2.20. The lowest BCUT2D eigenvalue weighted by atomic mass is 10.4. The number of aromatic nitrogens is 4. The Kier molecular flexibility index (Phi) is 4.48. The molecule has 9 nitrogen and oxygen atoms in total. The Morgan fingerprint density at radius 2 is 2.05 bits per heavy atom. The molecule has 2 N–H and O–H groups in total. The minimum Gasteiger partial charge on any atom is -0.396 e. The number of anilines is 1. The van der Waals surface area contributed by atoms with Gasteiger partial charge in [-0.05, 0) is 17.3 Å². The van der Waals surface area contributed by atoms with E-state index in [-0.39, 0.29) is 24.1 Å². The first-order valence-electron chi connectivity index (χ1n) is 5.74. The van der Waals surface area contributed by atoms with Crippen LogP contribution in [0.3, 0.4) is 0 Å². The fourth-order valence-corrected chi connectivity index (χ4v) is 2.24. The lowest BCUT2D eigenvalue weighted by molar-refractivity contribution is 0.0422. The molecule has 1 aromatic carbocycles. The fourth-order valence-electron chi connectivity index (χ4n) is 1.29. The fraction of sp³-hybridized carbons (Fsp3) is 0.300. The largest absolute Gasteiger partial charge is 0.396 e. The molecule has 2 aromatic rings. The third kappa shape index (κ3) is 3.65. The topological polar surface area (TPSA) is 119 Å². The number of benzene rings is 1. The second kappa shape index (κ2) is 6.30. The van der Waals surface area contributed by atoms with Crippen LogP contribution in [0.25, 0.3) is 0 Å². The van der Waals surface area contributed by atoms with Gasteiger partial charge in [-0.25, -0.2) is 13.1 Å². The molecule has 0 unspecified atom stereocenters. The first-order valence-corrected chi connectivity index (χ1v) is 7.22. The molecule has 20 heavy (non-hydrogen) atoms. The van der Waals surface area contributed by atoms with Gasteiger partial charge >= 0.3 is 0 Å². The summed E-state index contributed by atoms with van der Waals surface area (Å²) in [6, 6.07) is 7.82. The Morgan fingerprint density at radius 3 is 2.75 bits per heavy atom. The Balaban J connectivity index is 2.03. The Labute approximate surface area is 115 Å². The van der Waals surface area contributed by atoms with Gasteiger partial charge in [-0.1, -0.05) is 28.4 Å². The van der Waals surface area contributed by atoms with E-state index in [0.29, 0.717) is 6.42 Å². The van der Waals surface area contributed by atoms with E-state index in [0.717, 1.165) is 4.96 Å². The van der Waals surface area contributed by atoms with Crippen LogP contribution in [0.4, 0.5) is 5.95 Å². The smallest absolute Gasteiger partial charge is 0.280 e. The van der Waals surface area contributed by atoms with Gasteiger partial charge in [0.15, 0.2) is 0 Å². The summed E-state index contributed by atoms with van der Waals surface area (Å²) in [4.78, 5) is 5.87. The number of sulfonamides is 1. The lowest BCUT2D eigenvalue weighted by Gasteiger charge is -2.03. The first kappa shape index (κ1) is 14.2. The first-order chi connectivity index (χ1) is 9.62. The molecule has 0 atom stereocenters. The zero-order valence-corrected chi connectivity index (χ0v) is 11.2. The van der Waals surface area contributed by atoms with Gasteiger partial charge < -0.3 is 9.94 Å². The molecule has 0 bridgehead atoms. The monoisotopic (exact) mass is 299 g/mol. The number of nitrogens with zero attached hydrogens (tertiary/aromatic N) is 4. The average Bonchev–Trinajstić information content (AvgIpc) is 2.87. The van der Waals surface area contributed by atoms with Gasteiger partial charge in [-0.15, -0.1) is 0 Å². The van der Waals surface area contributed by atoms with Gasteiger partial charge in [0.2, 0.25) is 0 Å². The SMILES string of the molecule is O=S(=O)(Nc1nnn(OCCCO)n1)c1ccccc1. The summed E-state index contributed by atoms with van der Waals surface area (Å²) in [6.45, 7) is 0.167. The number of rotatable bonds is 7. The van der Waals surface area contributed by atoms with E-state index in [2.05, 4.69) is 20.1 Å². The summed E-state index contributed by atoms with van der Waals surface area (Å²) < 4.78 is 26.1. The number of hydrogen-bond acceptors (Lipinski definition) is 7. The van der Waals surface area contributed by atoms with Gasteiger partial charge in [0.25, 0.3) is 16.0 Å². The van der Waals surface area contributed by atoms with Crippen LogP contribution < -0.4 is 9.56 Å². The predicted octanol–water partition coefficient (Wildman–Crippen LogP) is -0.715. The highest BCUT2D eigenvalue weighted by atomic mass is 32.2. The summed E-state index contributed by atoms with van der Waals surface area (Å²) in [5, 5.41) is 19.3. The third-order valence-corrected chi connectivity index (χ3v) is 3.53. The van der Waals surface area contributed by atoms with E-state index in [1.54, 1.807) is 18.2 Å². The third-order valence-electron chi connectivity index (χ3n) is 2.18. The van der Waals surface area contributed by atoms with E-state index >= 15 is 0 Å². The van der Waals surface area contributed by atoms with Crippen molar-refractivity contribution < 1.29 is 18.4 Å². The summed E-state index contributed by atoms with van der Waals surface area (Å²) in [6.07, 6.45) is 0.409. The molecule has 0 aliphatic carbocycles. The van der Waals surface area contributed by atoms with E-state index in [1.165, 1.54) is 12.1 Å². The van der Waals surface area contributed by atoms with Crippen molar-refractivity contribution in [3.8, 4) is 0 Å². The number of aliphatic hydroxyl groups excluding tert-OH is 1. The zero-order chi connectivity index (χ0) is 14.4. The molecule has 10 heteroatoms. The van der Waals surface area contributed by atoms with Gasteiger partial charge in [0, 0.05) is 18.0 Å². The summed E-state index contributed by atoms with van der Waals surface area (Å²) in [7, 11) is -3.75. The summed E-state index contributed by atoms with van der Waals surface area (Å²) in [5.41, 5.74) is 0. The second-order valence-electron chi connectivity index (χ2n) is 3.69. The van der Waals surface area contributed by atoms with Crippen molar-refractivity contribution in [1.29, 1.82) is 0 Å². The van der Waals surface area contributed by atoms with Gasteiger partial charge in [0.1, 0.15) is 6.61 Å². The highest BCUT2D eigenvalue weighted by Gasteiger charge is 2.16. The number of nitrogens with one attached hydrogen (secondary N) is 1. The molecule has 1 heterocycles. The summed E-state index contributed by atoms with van der Waals surface area (Å²) >= 11 is 0. The summed E-state index contributed by atoms with van der Waals surface area (Å²) in [5.74, 6) is -0.196. The van der Waals surface area contributed by atoms with Crippen LogP contribution in [-0.4, -0.2) is 47.1 Å². The van der Waals surface area contributed by atoms with Crippen molar-refractivity contribution in [2.24, 2.45) is 0 Å². The molecule has 1 aromatic heterocycles. The number of aliphatic hydroxyl groups is 1. The standard InChI is InChI=1S/C10H13N5O4S/c16-7-4-8-19-15-12-10(11-14-15)13-20(17,18)9-5-2-1-3-6-9/h1-3,5-6,16H,4,7-8H2,(H,12,13). The van der Waals surface area contributed by atoms with Crippen LogP contribution in [0.2, 0.25) is 0 Å². The second-order valence-corrected chi connectivity index (χ2v) is 5.38. The highest BCUT2D eigenvalue weighted by molar-refractivity contribution is 7.92. The zero-order valence-electron chi connectivity index (χ0n) is 10.4. The highest BCUT2D eigenvalue weighted by Crippen LogP contribution is 2.11. The minimum atomic E-state index is -3.75. The van der Waals surface area contributed by atoms with E-state index in [1.807, 2.05) is 0 Å². The maximum absolute atomic E-state index is 12.0. The van der Waals surface area contributed by atoms with Crippen molar-refractivity contribution in [2.45, 2.75) is 11.3 Å². The number of tetrazole rings is 1. The van der Waals surface area contributed by atoms with E-state index in [9.17, 15) is 8.42 Å². The normalized spacial score (nSPS) is 11.2. The predicted molar refractivity (Wildman–Crippen MR) is 68.2 cm³/mol. The molecule has 0 radical (unpaired) electrons. The van der Waals surface area contributed by atoms with Gasteiger partial charge in [-0.2, -0.15) is 0 Å². The molecule has 0 saturated heterocycles. The molecular formula is C10H13N5O4S. The molecule has 0 saturated carbocycles. The van der Waals surface area contributed by atoms with Crippen molar-refractivity contribution in [1.82, 2.24) is 20.4 Å². The van der Waals surface area contributed by atoms with Crippen LogP contribution in [-0.2, 0) is 10.0 Å². The molecule has 0 spiro atoms. The van der Waals surface area contributed by atoms with Crippen LogP contribution in [0, 0.1) is 0 Å². The van der Waals surface area contributed by atoms with Crippen LogP contribution >= 0.6 is 0 Å². The van der Waals surface area contributed by atoms with Gasteiger partial charge in [0.05, 0.1) is 4.90 Å². The van der Waals surface area contributed by atoms with Crippen LogP contribution in [0.15, 0.2) is 35.2 Å². The van der Waals surface area contributed by atoms with Crippen LogP contribution in [0.1, 0.15) is 6.42 Å². The molecule has 108 valence electrons. The molecule has 0 aliphatic heterocycles. The molecule has 2 rings (SSSR count). The Bertz CT molecular complexity index is 643. The quantitative estimate of drug-likeness (QED) is 0.648. The van der Waals surface area contributed by atoms with E-state index in [4.69, 9.17) is 9.94 Å². The van der Waals surface area contributed by atoms with Crippen molar-refractivity contribution in [3.05, 3.63) is 30.3 Å². The maximum Gasteiger partial charge on any atom is 0.280 e. The molecule has 0 aliphatic rings. The van der Waals surface area contributed by atoms with Crippen molar-refractivity contribution >= 4 is 16.0 Å². The molecular weight excluding hydrogens is 286 g/mol. The maximum atomic E-state index is 12.0. The number of hydrogen-bond donors (Lipinski definition) is 2. The average molecular weight is 299 g/mol. The molecule has 0 amide bonds. The van der Waals surface area contributed by atoms with Gasteiger partial charge in [-0.3, -0.25) is 0 Å². The lowest BCUT2D eigenvalue weighted by Crippen LogP contribution is -2.18. The minimum absolute atomic E-state index is 0.0256. The molecule has 0 fully saturated rings. The van der Waals surface area contributed by atoms with Crippen molar-refractivity contribution in [3.63, 3.8) is 0 Å². The Morgan fingerprint density at radius 1 is 1.30 bits per heavy atom. The van der Waals surface area contributed by atoms with Crippen LogP contribution in [0.5, 0.6) is 0 Å².